The molecule has 2 aromatic carbocycles. The predicted octanol–water partition coefficient (Wildman–Crippen LogP) is 3.92. The third-order valence-corrected chi connectivity index (χ3v) is 9.08. The molecule has 1 amide bonds. The molecule has 8 nitrogen and oxygen atoms in total. The molecule has 0 aliphatic carbocycles. The van der Waals surface area contributed by atoms with Crippen molar-refractivity contribution in [2.45, 2.75) is 64.8 Å². The number of ether oxygens (including phenoxy) is 2. The van der Waals surface area contributed by atoms with Crippen molar-refractivity contribution in [3.8, 4) is 17.2 Å². The fraction of sp³-hybridized carbons (Fsp3) is 0.417. The number of rotatable bonds is 7. The lowest BCUT2D eigenvalue weighted by atomic mass is 9.75. The molecular weight excluding hydrogens is 552 g/mol. The van der Waals surface area contributed by atoms with Crippen LogP contribution in [0.4, 0.5) is 5.69 Å². The first-order valence-electron chi connectivity index (χ1n) is 15.4. The van der Waals surface area contributed by atoms with Gasteiger partial charge in [0.1, 0.15) is 0 Å². The van der Waals surface area contributed by atoms with Gasteiger partial charge in [-0.05, 0) is 99.4 Å². The molecule has 44 heavy (non-hydrogen) atoms. The van der Waals surface area contributed by atoms with Gasteiger partial charge in [-0.1, -0.05) is 24.3 Å². The number of amides is 1. The van der Waals surface area contributed by atoms with Crippen LogP contribution in [0.2, 0.25) is 0 Å². The van der Waals surface area contributed by atoms with E-state index in [4.69, 9.17) is 9.47 Å². The normalized spacial score (nSPS) is 17.0. The summed E-state index contributed by atoms with van der Waals surface area (Å²) in [5.74, 6) is 1.63. The van der Waals surface area contributed by atoms with Crippen molar-refractivity contribution in [1.29, 1.82) is 5.26 Å². The number of benzene rings is 2. The predicted molar refractivity (Wildman–Crippen MR) is 171 cm³/mol. The van der Waals surface area contributed by atoms with Crippen molar-refractivity contribution in [1.82, 2.24) is 10.3 Å². The van der Waals surface area contributed by atoms with Crippen molar-refractivity contribution >= 4 is 23.7 Å². The molecule has 0 spiro atoms. The second-order valence-electron chi connectivity index (χ2n) is 11.7. The number of hydrogen-bond acceptors (Lipinski definition) is 7. The lowest BCUT2D eigenvalue weighted by Gasteiger charge is -2.37. The van der Waals surface area contributed by atoms with E-state index in [1.165, 1.54) is 0 Å². The standard InChI is InChI=1S/C36H40N4O4/c1-5-40(30-10-14-43-15-11-30)34-20-28(27-6-8-29(9-7-27)36(23-37)12-16-44-17-13-36)19-31(26(34)4)35(42)38-21-32-24(2)18-25(3)39-33(32)22-41/h6-9,18-21,30H,5,10-17H2,1-4H3,(H,38,42). The van der Waals surface area contributed by atoms with Crippen molar-refractivity contribution in [2.75, 3.05) is 37.9 Å². The van der Waals surface area contributed by atoms with Gasteiger partial charge in [-0.2, -0.15) is 5.26 Å². The Morgan fingerprint density at radius 3 is 2.36 bits per heavy atom. The third-order valence-electron chi connectivity index (χ3n) is 9.08. The summed E-state index contributed by atoms with van der Waals surface area (Å²) < 4.78 is 11.2. The van der Waals surface area contributed by atoms with Gasteiger partial charge in [0.05, 0.1) is 11.5 Å². The molecule has 3 aromatic rings. The fourth-order valence-electron chi connectivity index (χ4n) is 6.51. The van der Waals surface area contributed by atoms with E-state index in [2.05, 4.69) is 34.3 Å². The number of hydrogen-bond donors (Lipinski definition) is 1. The van der Waals surface area contributed by atoms with Crippen LogP contribution in [0.3, 0.4) is 0 Å². The minimum absolute atomic E-state index is 0.172. The van der Waals surface area contributed by atoms with Crippen LogP contribution in [-0.4, -0.2) is 55.8 Å². The van der Waals surface area contributed by atoms with Crippen LogP contribution in [0.15, 0.2) is 42.5 Å². The third kappa shape index (κ3) is 6.32. The molecule has 2 fully saturated rings. The van der Waals surface area contributed by atoms with Crippen LogP contribution in [0, 0.1) is 32.1 Å². The van der Waals surface area contributed by atoms with Crippen molar-refractivity contribution in [3.63, 3.8) is 0 Å². The summed E-state index contributed by atoms with van der Waals surface area (Å²) in [6, 6.07) is 17.0. The number of carbonyl (C=O) groups is 1. The van der Waals surface area contributed by atoms with Crippen molar-refractivity contribution < 1.29 is 19.1 Å². The number of carbonyl (C=O) groups excluding carboxylic acids is 2. The lowest BCUT2D eigenvalue weighted by molar-refractivity contribution is 0.0675. The molecule has 0 saturated carbocycles. The number of aryl methyl sites for hydroxylation is 2. The van der Waals surface area contributed by atoms with Gasteiger partial charge in [0.25, 0.3) is 5.91 Å². The molecule has 2 aliphatic rings. The zero-order chi connectivity index (χ0) is 31.3. The Kier molecular flexibility index (Phi) is 9.61. The first-order chi connectivity index (χ1) is 21.3. The Morgan fingerprint density at radius 1 is 1.05 bits per heavy atom. The van der Waals surface area contributed by atoms with Crippen LogP contribution in [0.5, 0.6) is 0 Å². The highest BCUT2D eigenvalue weighted by molar-refractivity contribution is 6.00. The first kappa shape index (κ1) is 31.2. The van der Waals surface area contributed by atoms with E-state index in [-0.39, 0.29) is 11.3 Å². The number of nitrogens with zero attached hydrogens (tertiary/aromatic N) is 3. The highest BCUT2D eigenvalue weighted by Gasteiger charge is 2.34. The largest absolute Gasteiger partial charge is 0.381 e. The van der Waals surface area contributed by atoms with Gasteiger partial charge in [-0.15, -0.1) is 0 Å². The van der Waals surface area contributed by atoms with E-state index in [1.807, 2.05) is 63.1 Å². The molecule has 2 aliphatic heterocycles. The number of nitrogens with one attached hydrogen (secondary N) is 1. The molecule has 3 heterocycles. The fourth-order valence-corrected chi connectivity index (χ4v) is 6.51. The molecule has 1 aromatic heterocycles. The zero-order valence-corrected chi connectivity index (χ0v) is 26.0. The lowest BCUT2D eigenvalue weighted by Crippen LogP contribution is -2.40. The molecular formula is C36H40N4O4. The van der Waals surface area contributed by atoms with Gasteiger partial charge in [0, 0.05) is 67.4 Å². The first-order valence-corrected chi connectivity index (χ1v) is 15.4. The summed E-state index contributed by atoms with van der Waals surface area (Å²) in [6.07, 6.45) is 4.75. The maximum Gasteiger partial charge on any atom is 0.255 e. The van der Waals surface area contributed by atoms with Gasteiger partial charge < -0.3 is 19.7 Å². The van der Waals surface area contributed by atoms with Crippen LogP contribution >= 0.6 is 0 Å². The van der Waals surface area contributed by atoms with E-state index >= 15 is 0 Å². The van der Waals surface area contributed by atoms with E-state index in [9.17, 15) is 14.9 Å². The molecule has 1 N–H and O–H groups in total. The smallest absolute Gasteiger partial charge is 0.255 e. The molecule has 8 heteroatoms. The van der Waals surface area contributed by atoms with Crippen molar-refractivity contribution in [3.05, 3.63) is 81.0 Å². The number of nitriles is 1. The van der Waals surface area contributed by atoms with Gasteiger partial charge >= 0.3 is 0 Å². The summed E-state index contributed by atoms with van der Waals surface area (Å²) in [5, 5.41) is 13.7. The molecule has 5 rings (SSSR count). The summed E-state index contributed by atoms with van der Waals surface area (Å²) in [6.45, 7) is 11.2. The Labute approximate surface area is 259 Å². The Bertz CT molecular complexity index is 1710. The summed E-state index contributed by atoms with van der Waals surface area (Å²) >= 11 is 0. The minimum atomic E-state index is -0.543. The molecule has 0 unspecified atom stereocenters. The second-order valence-corrected chi connectivity index (χ2v) is 11.7. The maximum atomic E-state index is 13.8. The number of pyridine rings is 1. The van der Waals surface area contributed by atoms with Gasteiger partial charge in [-0.3, -0.25) is 4.79 Å². The maximum absolute atomic E-state index is 13.8. The summed E-state index contributed by atoms with van der Waals surface area (Å²) in [4.78, 5) is 32.1. The zero-order valence-electron chi connectivity index (χ0n) is 26.0. The molecule has 2 saturated heterocycles. The van der Waals surface area contributed by atoms with Crippen LogP contribution in [0.25, 0.3) is 17.3 Å². The van der Waals surface area contributed by atoms with E-state index < -0.39 is 5.41 Å². The molecule has 0 radical (unpaired) electrons. The van der Waals surface area contributed by atoms with E-state index in [0.717, 1.165) is 66.1 Å². The Balaban J connectivity index is 1.58. The minimum Gasteiger partial charge on any atom is -0.381 e. The van der Waals surface area contributed by atoms with Crippen LogP contribution in [0.1, 0.15) is 65.3 Å². The molecule has 228 valence electrons. The molecule has 0 atom stereocenters. The summed E-state index contributed by atoms with van der Waals surface area (Å²) in [7, 11) is 0. The van der Waals surface area contributed by atoms with Gasteiger partial charge in [0.2, 0.25) is 0 Å². The van der Waals surface area contributed by atoms with E-state index in [1.54, 1.807) is 6.20 Å². The van der Waals surface area contributed by atoms with Crippen LogP contribution in [-0.2, 0) is 19.7 Å². The average Bonchev–Trinajstić information content (AvgIpc) is 3.05. The van der Waals surface area contributed by atoms with Crippen LogP contribution < -0.4 is 20.8 Å². The monoisotopic (exact) mass is 592 g/mol. The number of anilines is 1. The number of aromatic nitrogens is 1. The van der Waals surface area contributed by atoms with Gasteiger partial charge in [0.15, 0.2) is 11.3 Å². The topological polar surface area (TPSA) is 105 Å². The average molecular weight is 593 g/mol. The highest BCUT2D eigenvalue weighted by Crippen LogP contribution is 2.37. The summed E-state index contributed by atoms with van der Waals surface area (Å²) in [5.41, 5.74) is 6.33. The second kappa shape index (κ2) is 13.6. The highest BCUT2D eigenvalue weighted by atomic mass is 16.5. The molecule has 0 bridgehead atoms. The Morgan fingerprint density at radius 2 is 1.73 bits per heavy atom. The van der Waals surface area contributed by atoms with Crippen molar-refractivity contribution in [2.24, 2.45) is 0 Å². The van der Waals surface area contributed by atoms with E-state index in [0.29, 0.717) is 48.6 Å². The quantitative estimate of drug-likeness (QED) is 0.444. The SMILES string of the molecule is CCN(c1cc(-c2ccc(C3(C#N)CCOCC3)cc2)cc(C(=O)NC=c2c(C)cc(C)nc2=C=O)c1C)C1CCOCC1. The Hall–Kier alpha value is -4.28. The van der Waals surface area contributed by atoms with Gasteiger partial charge in [-0.25, -0.2) is 9.78 Å².